The van der Waals surface area contributed by atoms with E-state index < -0.39 is 0 Å². The molecule has 2 rings (SSSR count). The van der Waals surface area contributed by atoms with E-state index in [2.05, 4.69) is 20.9 Å². The van der Waals surface area contributed by atoms with E-state index in [1.807, 2.05) is 37.3 Å². The van der Waals surface area contributed by atoms with Crippen LogP contribution in [0.1, 0.15) is 22.9 Å². The molecule has 2 aromatic rings. The molecule has 0 aliphatic heterocycles. The largest absolute Gasteiger partial charge is 0.324 e. The molecular formula is C14H14BrClN2. The molecule has 1 heterocycles. The summed E-state index contributed by atoms with van der Waals surface area (Å²) >= 11 is 9.57. The van der Waals surface area contributed by atoms with Crippen LogP contribution in [0.4, 0.5) is 0 Å². The van der Waals surface area contributed by atoms with Crippen molar-refractivity contribution in [3.8, 4) is 0 Å². The van der Waals surface area contributed by atoms with Gasteiger partial charge in [-0.1, -0.05) is 23.7 Å². The van der Waals surface area contributed by atoms with Crippen LogP contribution >= 0.6 is 27.5 Å². The average molecular weight is 326 g/mol. The second-order valence-corrected chi connectivity index (χ2v) is 5.63. The Labute approximate surface area is 120 Å². The van der Waals surface area contributed by atoms with Gasteiger partial charge in [0, 0.05) is 33.8 Å². The molecule has 0 aliphatic carbocycles. The first-order valence-corrected chi connectivity index (χ1v) is 6.85. The van der Waals surface area contributed by atoms with Crippen LogP contribution < -0.4 is 5.73 Å². The summed E-state index contributed by atoms with van der Waals surface area (Å²) < 4.78 is 0.966. The van der Waals surface area contributed by atoms with Crippen LogP contribution in [0.2, 0.25) is 5.02 Å². The van der Waals surface area contributed by atoms with Gasteiger partial charge in [-0.25, -0.2) is 0 Å². The Balaban J connectivity index is 2.16. The fourth-order valence-corrected chi connectivity index (χ4v) is 2.41. The third-order valence-corrected chi connectivity index (χ3v) is 3.57. The number of hydrogen-bond donors (Lipinski definition) is 1. The normalized spacial score (nSPS) is 12.4. The Bertz CT molecular complexity index is 540. The maximum Gasteiger partial charge on any atom is 0.0456 e. The number of benzene rings is 1. The third kappa shape index (κ3) is 3.31. The van der Waals surface area contributed by atoms with Crippen molar-refractivity contribution in [1.29, 1.82) is 0 Å². The molecule has 18 heavy (non-hydrogen) atoms. The summed E-state index contributed by atoms with van der Waals surface area (Å²) in [5.41, 5.74) is 9.24. The molecule has 0 aliphatic rings. The van der Waals surface area contributed by atoms with Crippen LogP contribution in [0, 0.1) is 6.92 Å². The second-order valence-electron chi connectivity index (χ2n) is 4.30. The van der Waals surface area contributed by atoms with Gasteiger partial charge in [-0.05, 0) is 52.2 Å². The zero-order chi connectivity index (χ0) is 13.1. The van der Waals surface area contributed by atoms with Gasteiger partial charge in [-0.15, -0.1) is 0 Å². The molecule has 2 N–H and O–H groups in total. The molecule has 0 saturated carbocycles. The Hall–Kier alpha value is -0.900. The Morgan fingerprint density at radius 2 is 2.11 bits per heavy atom. The first kappa shape index (κ1) is 13.5. The van der Waals surface area contributed by atoms with E-state index in [0.29, 0.717) is 6.42 Å². The minimum absolute atomic E-state index is 0.133. The molecule has 4 heteroatoms. The van der Waals surface area contributed by atoms with E-state index in [-0.39, 0.29) is 6.04 Å². The minimum Gasteiger partial charge on any atom is -0.324 e. The molecule has 1 aromatic heterocycles. The predicted octanol–water partition coefficient (Wildman–Crippen LogP) is 4.05. The first-order valence-electron chi connectivity index (χ1n) is 5.68. The van der Waals surface area contributed by atoms with Crippen molar-refractivity contribution >= 4 is 27.5 Å². The van der Waals surface area contributed by atoms with Crippen molar-refractivity contribution in [3.63, 3.8) is 0 Å². The molecule has 1 unspecified atom stereocenters. The van der Waals surface area contributed by atoms with Crippen molar-refractivity contribution in [3.05, 3.63) is 62.8 Å². The summed E-state index contributed by atoms with van der Waals surface area (Å²) in [5.74, 6) is 0. The highest BCUT2D eigenvalue weighted by Crippen LogP contribution is 2.25. The van der Waals surface area contributed by atoms with Crippen molar-refractivity contribution in [1.82, 2.24) is 4.98 Å². The Morgan fingerprint density at radius 1 is 1.33 bits per heavy atom. The SMILES string of the molecule is Cc1ccc(C(N)Cc2ccc(Br)cn2)c(Cl)c1. The fourth-order valence-electron chi connectivity index (χ4n) is 1.80. The van der Waals surface area contributed by atoms with E-state index >= 15 is 0 Å². The average Bonchev–Trinajstić information content (AvgIpc) is 2.32. The number of hydrogen-bond acceptors (Lipinski definition) is 2. The Morgan fingerprint density at radius 3 is 2.72 bits per heavy atom. The van der Waals surface area contributed by atoms with Gasteiger partial charge in [0.25, 0.3) is 0 Å². The van der Waals surface area contributed by atoms with Crippen molar-refractivity contribution in [2.75, 3.05) is 0 Å². The topological polar surface area (TPSA) is 38.9 Å². The van der Waals surface area contributed by atoms with Gasteiger partial charge >= 0.3 is 0 Å². The van der Waals surface area contributed by atoms with Gasteiger partial charge in [-0.3, -0.25) is 4.98 Å². The summed E-state index contributed by atoms with van der Waals surface area (Å²) in [6.07, 6.45) is 2.45. The van der Waals surface area contributed by atoms with Crippen LogP contribution in [0.5, 0.6) is 0 Å². The van der Waals surface area contributed by atoms with Gasteiger partial charge in [0.05, 0.1) is 0 Å². The first-order chi connectivity index (χ1) is 8.56. The second kappa shape index (κ2) is 5.83. The summed E-state index contributed by atoms with van der Waals surface area (Å²) in [7, 11) is 0. The summed E-state index contributed by atoms with van der Waals surface area (Å²) in [4.78, 5) is 4.32. The lowest BCUT2D eigenvalue weighted by Gasteiger charge is -2.13. The number of aryl methyl sites for hydroxylation is 1. The number of nitrogens with two attached hydrogens (primary N) is 1. The van der Waals surface area contributed by atoms with Crippen molar-refractivity contribution in [2.24, 2.45) is 5.73 Å². The van der Waals surface area contributed by atoms with Crippen LogP contribution in [0.15, 0.2) is 41.0 Å². The van der Waals surface area contributed by atoms with Crippen molar-refractivity contribution in [2.45, 2.75) is 19.4 Å². The highest BCUT2D eigenvalue weighted by atomic mass is 79.9. The summed E-state index contributed by atoms with van der Waals surface area (Å²) in [6, 6.07) is 9.74. The van der Waals surface area contributed by atoms with Gasteiger partial charge < -0.3 is 5.73 Å². The number of rotatable bonds is 3. The van der Waals surface area contributed by atoms with Gasteiger partial charge in [0.1, 0.15) is 0 Å². The quantitative estimate of drug-likeness (QED) is 0.924. The molecule has 94 valence electrons. The third-order valence-electron chi connectivity index (χ3n) is 2.77. The van der Waals surface area contributed by atoms with Crippen molar-refractivity contribution < 1.29 is 0 Å². The molecule has 0 radical (unpaired) electrons. The highest BCUT2D eigenvalue weighted by molar-refractivity contribution is 9.10. The molecular weight excluding hydrogens is 312 g/mol. The summed E-state index contributed by atoms with van der Waals surface area (Å²) in [5, 5.41) is 0.722. The smallest absolute Gasteiger partial charge is 0.0456 e. The van der Waals surface area contributed by atoms with Gasteiger partial charge in [0.2, 0.25) is 0 Å². The number of pyridine rings is 1. The molecule has 0 amide bonds. The number of nitrogens with zero attached hydrogens (tertiary/aromatic N) is 1. The zero-order valence-corrected chi connectivity index (χ0v) is 12.4. The lowest BCUT2D eigenvalue weighted by molar-refractivity contribution is 0.706. The lowest BCUT2D eigenvalue weighted by Crippen LogP contribution is -2.14. The number of aromatic nitrogens is 1. The van der Waals surface area contributed by atoms with E-state index in [4.69, 9.17) is 17.3 Å². The lowest BCUT2D eigenvalue weighted by atomic mass is 10.0. The van der Waals surface area contributed by atoms with E-state index in [1.165, 1.54) is 0 Å². The minimum atomic E-state index is -0.133. The molecule has 0 saturated heterocycles. The Kier molecular flexibility index (Phi) is 4.38. The molecule has 1 aromatic carbocycles. The van der Waals surface area contributed by atoms with Crippen LogP contribution in [-0.2, 0) is 6.42 Å². The van der Waals surface area contributed by atoms with Crippen LogP contribution in [-0.4, -0.2) is 4.98 Å². The van der Waals surface area contributed by atoms with Crippen LogP contribution in [0.3, 0.4) is 0 Å². The molecule has 0 bridgehead atoms. The number of halogens is 2. The molecule has 1 atom stereocenters. The van der Waals surface area contributed by atoms with E-state index in [0.717, 1.165) is 26.3 Å². The highest BCUT2D eigenvalue weighted by Gasteiger charge is 2.11. The maximum absolute atomic E-state index is 6.21. The molecule has 0 spiro atoms. The van der Waals surface area contributed by atoms with E-state index in [9.17, 15) is 0 Å². The fraction of sp³-hybridized carbons (Fsp3) is 0.214. The van der Waals surface area contributed by atoms with Gasteiger partial charge in [0.15, 0.2) is 0 Å². The monoisotopic (exact) mass is 324 g/mol. The zero-order valence-electron chi connectivity index (χ0n) is 10.0. The van der Waals surface area contributed by atoms with E-state index in [1.54, 1.807) is 6.20 Å². The summed E-state index contributed by atoms with van der Waals surface area (Å²) in [6.45, 7) is 2.01. The molecule has 2 nitrogen and oxygen atoms in total. The predicted molar refractivity (Wildman–Crippen MR) is 78.8 cm³/mol. The van der Waals surface area contributed by atoms with Gasteiger partial charge in [-0.2, -0.15) is 0 Å². The molecule has 0 fully saturated rings. The maximum atomic E-state index is 6.21. The van der Waals surface area contributed by atoms with Crippen LogP contribution in [0.25, 0.3) is 0 Å². The standard InChI is InChI=1S/C14H14BrClN2/c1-9-2-5-12(13(16)6-9)14(17)7-11-4-3-10(15)8-18-11/h2-6,8,14H,7,17H2,1H3.